The van der Waals surface area contributed by atoms with E-state index >= 15 is 0 Å². The molecule has 0 fully saturated rings. The predicted octanol–water partition coefficient (Wildman–Crippen LogP) is 6.76. The van der Waals surface area contributed by atoms with Crippen molar-refractivity contribution in [2.45, 2.75) is 110 Å². The molecule has 0 aliphatic heterocycles. The van der Waals surface area contributed by atoms with Gasteiger partial charge in [-0.1, -0.05) is 53.5 Å². The van der Waals surface area contributed by atoms with E-state index in [0.29, 0.717) is 0 Å². The van der Waals surface area contributed by atoms with Crippen LogP contribution in [0.3, 0.4) is 0 Å². The van der Waals surface area contributed by atoms with Crippen LogP contribution in [0.1, 0.15) is 67.2 Å². The smallest absolute Gasteiger partial charge is 0.191 e. The van der Waals surface area contributed by atoms with Gasteiger partial charge in [0, 0.05) is 25.6 Å². The highest BCUT2D eigenvalue weighted by atomic mass is 28.4. The molecule has 0 aromatic carbocycles. The molecule has 1 N–H and O–H groups in total. The van der Waals surface area contributed by atoms with Crippen molar-refractivity contribution in [1.29, 1.82) is 0 Å². The van der Waals surface area contributed by atoms with Gasteiger partial charge in [-0.2, -0.15) is 0 Å². The standard InChI is InChI=1S/C24H48O3Si2/c1-12-21(17-16-20-27-29(10,11)24(5,6)7)22(25)18-14-13-15-19-26-28(8,9)23(2,3)4/h12,21-22,25H,1,13,15-17,19-20H2,2-11H3/t21-,22-/m1/s1. The summed E-state index contributed by atoms with van der Waals surface area (Å²) in [6.07, 6.45) is 4.61. The van der Waals surface area contributed by atoms with Crippen LogP contribution in [0.4, 0.5) is 0 Å². The first-order valence-corrected chi connectivity index (χ1v) is 16.9. The average Bonchev–Trinajstić information content (AvgIpc) is 2.55. The Bertz CT molecular complexity index is 545. The summed E-state index contributed by atoms with van der Waals surface area (Å²) in [6.45, 7) is 28.0. The summed E-state index contributed by atoms with van der Waals surface area (Å²) >= 11 is 0. The van der Waals surface area contributed by atoms with Gasteiger partial charge in [0.2, 0.25) is 0 Å². The van der Waals surface area contributed by atoms with E-state index < -0.39 is 22.7 Å². The largest absolute Gasteiger partial charge is 0.417 e. The molecule has 0 saturated carbocycles. The van der Waals surface area contributed by atoms with Gasteiger partial charge in [0.1, 0.15) is 6.10 Å². The molecule has 0 unspecified atom stereocenters. The molecule has 29 heavy (non-hydrogen) atoms. The highest BCUT2D eigenvalue weighted by molar-refractivity contribution is 6.74. The molecule has 0 spiro atoms. The minimum atomic E-state index is -1.70. The molecule has 0 aromatic rings. The van der Waals surface area contributed by atoms with E-state index in [2.05, 4.69) is 86.2 Å². The van der Waals surface area contributed by atoms with Crippen LogP contribution >= 0.6 is 0 Å². The quantitative estimate of drug-likeness (QED) is 0.167. The van der Waals surface area contributed by atoms with Crippen molar-refractivity contribution in [3.05, 3.63) is 12.7 Å². The Balaban J connectivity index is 4.28. The fourth-order valence-corrected chi connectivity index (χ4v) is 4.43. The lowest BCUT2D eigenvalue weighted by atomic mass is 9.97. The normalized spacial score (nSPS) is 15.4. The minimum Gasteiger partial charge on any atom is -0.417 e. The average molecular weight is 441 g/mol. The molecule has 0 aliphatic carbocycles. The molecular weight excluding hydrogens is 392 g/mol. The second-order valence-corrected chi connectivity index (χ2v) is 20.7. The Morgan fingerprint density at radius 1 is 0.897 bits per heavy atom. The van der Waals surface area contributed by atoms with Crippen molar-refractivity contribution in [1.82, 2.24) is 0 Å². The van der Waals surface area contributed by atoms with Crippen LogP contribution in [0.5, 0.6) is 0 Å². The van der Waals surface area contributed by atoms with E-state index in [1.807, 2.05) is 6.08 Å². The molecule has 170 valence electrons. The van der Waals surface area contributed by atoms with Crippen molar-refractivity contribution in [3.8, 4) is 11.8 Å². The lowest BCUT2D eigenvalue weighted by Crippen LogP contribution is -2.41. The topological polar surface area (TPSA) is 38.7 Å². The molecule has 0 aliphatic rings. The molecule has 0 radical (unpaired) electrons. The number of aliphatic hydroxyl groups excluding tert-OH is 1. The Morgan fingerprint density at radius 3 is 1.76 bits per heavy atom. The maximum Gasteiger partial charge on any atom is 0.191 e. The maximum atomic E-state index is 10.4. The van der Waals surface area contributed by atoms with Crippen LogP contribution < -0.4 is 0 Å². The summed E-state index contributed by atoms with van der Waals surface area (Å²) in [7, 11) is -3.37. The summed E-state index contributed by atoms with van der Waals surface area (Å²) in [6, 6.07) is 0. The van der Waals surface area contributed by atoms with Crippen molar-refractivity contribution >= 4 is 16.6 Å². The number of unbranched alkanes of at least 4 members (excludes halogenated alkanes) is 1. The number of aliphatic hydroxyl groups is 1. The van der Waals surface area contributed by atoms with Crippen LogP contribution in [0.2, 0.25) is 36.3 Å². The minimum absolute atomic E-state index is 0.00556. The lowest BCUT2D eigenvalue weighted by Gasteiger charge is -2.36. The fraction of sp³-hybridized carbons (Fsp3) is 0.833. The molecule has 2 atom stereocenters. The van der Waals surface area contributed by atoms with Crippen LogP contribution in [-0.2, 0) is 8.85 Å². The van der Waals surface area contributed by atoms with E-state index in [9.17, 15) is 5.11 Å². The molecular formula is C24H48O3Si2. The monoisotopic (exact) mass is 440 g/mol. The van der Waals surface area contributed by atoms with Gasteiger partial charge >= 0.3 is 0 Å². The van der Waals surface area contributed by atoms with Gasteiger partial charge in [0.25, 0.3) is 0 Å². The van der Waals surface area contributed by atoms with E-state index in [1.54, 1.807) is 0 Å². The molecule has 0 bridgehead atoms. The first kappa shape index (κ1) is 28.6. The highest BCUT2D eigenvalue weighted by Gasteiger charge is 2.37. The summed E-state index contributed by atoms with van der Waals surface area (Å²) in [5.41, 5.74) is 0. The van der Waals surface area contributed by atoms with E-state index in [-0.39, 0.29) is 16.0 Å². The number of hydrogen-bond donors (Lipinski definition) is 1. The predicted molar refractivity (Wildman–Crippen MR) is 132 cm³/mol. The Kier molecular flexibility index (Phi) is 11.7. The van der Waals surface area contributed by atoms with Crippen molar-refractivity contribution < 1.29 is 14.0 Å². The Morgan fingerprint density at radius 2 is 1.34 bits per heavy atom. The van der Waals surface area contributed by atoms with Gasteiger partial charge in [-0.3, -0.25) is 0 Å². The second-order valence-electron chi connectivity index (χ2n) is 11.1. The van der Waals surface area contributed by atoms with Gasteiger partial charge in [0.05, 0.1) is 0 Å². The summed E-state index contributed by atoms with van der Waals surface area (Å²) < 4.78 is 12.4. The third-order valence-electron chi connectivity index (χ3n) is 6.62. The van der Waals surface area contributed by atoms with Crippen molar-refractivity contribution in [2.75, 3.05) is 13.2 Å². The summed E-state index contributed by atoms with van der Waals surface area (Å²) in [5.74, 6) is 6.12. The van der Waals surface area contributed by atoms with E-state index in [1.165, 1.54) is 0 Å². The Hall–Kier alpha value is -0.386. The van der Waals surface area contributed by atoms with Gasteiger partial charge in [-0.05, 0) is 55.5 Å². The van der Waals surface area contributed by atoms with Crippen LogP contribution in [0.25, 0.3) is 0 Å². The van der Waals surface area contributed by atoms with E-state index in [0.717, 1.165) is 38.9 Å². The Labute approximate surface area is 183 Å². The molecule has 0 heterocycles. The molecule has 0 saturated heterocycles. The molecule has 3 nitrogen and oxygen atoms in total. The fourth-order valence-electron chi connectivity index (χ4n) is 2.26. The first-order valence-electron chi connectivity index (χ1n) is 11.1. The zero-order chi connectivity index (χ0) is 22.9. The van der Waals surface area contributed by atoms with Gasteiger partial charge < -0.3 is 14.0 Å². The zero-order valence-electron chi connectivity index (χ0n) is 20.9. The zero-order valence-corrected chi connectivity index (χ0v) is 22.9. The second kappa shape index (κ2) is 11.9. The number of hydrogen-bond acceptors (Lipinski definition) is 3. The van der Waals surface area contributed by atoms with Crippen molar-refractivity contribution in [3.63, 3.8) is 0 Å². The molecule has 0 aromatic heterocycles. The van der Waals surface area contributed by atoms with E-state index in [4.69, 9.17) is 8.85 Å². The molecule has 5 heteroatoms. The van der Waals surface area contributed by atoms with Gasteiger partial charge in [-0.15, -0.1) is 12.5 Å². The van der Waals surface area contributed by atoms with Crippen LogP contribution in [0.15, 0.2) is 12.7 Å². The van der Waals surface area contributed by atoms with Crippen molar-refractivity contribution in [2.24, 2.45) is 5.92 Å². The third kappa shape index (κ3) is 10.5. The third-order valence-corrected chi connectivity index (χ3v) is 15.7. The lowest BCUT2D eigenvalue weighted by molar-refractivity contribution is 0.172. The first-order chi connectivity index (χ1) is 13.0. The summed E-state index contributed by atoms with van der Waals surface area (Å²) in [5, 5.41) is 10.9. The van der Waals surface area contributed by atoms with Crippen LogP contribution in [0, 0.1) is 17.8 Å². The van der Waals surface area contributed by atoms with Gasteiger partial charge in [-0.25, -0.2) is 0 Å². The van der Waals surface area contributed by atoms with Crippen LogP contribution in [-0.4, -0.2) is 41.1 Å². The SMILES string of the molecule is C=C[C@H](CCCO[Si](C)(C)C(C)(C)C)[C@H](O)C#CCCCO[Si](C)(C)C(C)(C)C. The highest BCUT2D eigenvalue weighted by Crippen LogP contribution is 2.37. The number of rotatable bonds is 11. The summed E-state index contributed by atoms with van der Waals surface area (Å²) in [4.78, 5) is 0. The molecule has 0 amide bonds. The molecule has 0 rings (SSSR count). The maximum absolute atomic E-state index is 10.4. The van der Waals surface area contributed by atoms with Gasteiger partial charge in [0.15, 0.2) is 16.6 Å².